The van der Waals surface area contributed by atoms with Crippen molar-refractivity contribution in [3.05, 3.63) is 21.9 Å². The Hall–Kier alpha value is -0.860. The second-order valence-corrected chi connectivity index (χ2v) is 5.96. The molecule has 2 rings (SSSR count). The molecule has 1 saturated heterocycles. The Bertz CT molecular complexity index is 446. The summed E-state index contributed by atoms with van der Waals surface area (Å²) in [6.07, 6.45) is 2.84. The van der Waals surface area contributed by atoms with Crippen molar-refractivity contribution in [3.63, 3.8) is 0 Å². The van der Waals surface area contributed by atoms with Gasteiger partial charge in [-0.05, 0) is 36.8 Å². The van der Waals surface area contributed by atoms with Crippen LogP contribution in [0.25, 0.3) is 0 Å². The number of hydrogen-bond donors (Lipinski definition) is 2. The Morgan fingerprint density at radius 2 is 2.32 bits per heavy atom. The van der Waals surface area contributed by atoms with Crippen LogP contribution in [-0.4, -0.2) is 41.4 Å². The van der Waals surface area contributed by atoms with Crippen LogP contribution in [0.3, 0.4) is 0 Å². The molecular formula is C15H21NO2S. The van der Waals surface area contributed by atoms with Crippen LogP contribution >= 0.6 is 11.3 Å². The fourth-order valence-electron chi connectivity index (χ4n) is 2.44. The lowest BCUT2D eigenvalue weighted by Gasteiger charge is -2.31. The van der Waals surface area contributed by atoms with Crippen molar-refractivity contribution in [2.45, 2.75) is 25.8 Å². The molecule has 0 spiro atoms. The average molecular weight is 279 g/mol. The van der Waals surface area contributed by atoms with E-state index in [1.54, 1.807) is 11.3 Å². The molecule has 3 nitrogen and oxygen atoms in total. The zero-order valence-corrected chi connectivity index (χ0v) is 12.0. The van der Waals surface area contributed by atoms with E-state index in [1.165, 1.54) is 11.3 Å². The summed E-state index contributed by atoms with van der Waals surface area (Å²) in [5.74, 6) is 6.54. The van der Waals surface area contributed by atoms with E-state index in [2.05, 4.69) is 28.2 Å². The molecular weight excluding hydrogens is 258 g/mol. The van der Waals surface area contributed by atoms with Gasteiger partial charge >= 0.3 is 0 Å². The van der Waals surface area contributed by atoms with Crippen LogP contribution in [0.4, 0.5) is 0 Å². The highest BCUT2D eigenvalue weighted by atomic mass is 32.1. The Morgan fingerprint density at radius 3 is 3.11 bits per heavy atom. The molecule has 1 aliphatic rings. The molecule has 0 bridgehead atoms. The largest absolute Gasteiger partial charge is 0.396 e. The topological polar surface area (TPSA) is 43.7 Å². The molecule has 1 aromatic heterocycles. The fraction of sp³-hybridized carbons (Fsp3) is 0.600. The normalized spacial score (nSPS) is 20.0. The summed E-state index contributed by atoms with van der Waals surface area (Å²) in [4.78, 5) is 3.71. The summed E-state index contributed by atoms with van der Waals surface area (Å²) in [5, 5.41) is 20.1. The van der Waals surface area contributed by atoms with Crippen molar-refractivity contribution < 1.29 is 10.2 Å². The van der Waals surface area contributed by atoms with Crippen molar-refractivity contribution in [1.29, 1.82) is 0 Å². The quantitative estimate of drug-likeness (QED) is 0.824. The molecule has 4 heteroatoms. The summed E-state index contributed by atoms with van der Waals surface area (Å²) < 4.78 is 0. The van der Waals surface area contributed by atoms with Gasteiger partial charge in [-0.2, -0.15) is 0 Å². The van der Waals surface area contributed by atoms with Crippen LogP contribution in [0.2, 0.25) is 0 Å². The number of thiophene rings is 1. The number of aliphatic hydroxyl groups excluding tert-OH is 2. The van der Waals surface area contributed by atoms with E-state index in [0.29, 0.717) is 18.9 Å². The smallest absolute Gasteiger partial charge is 0.0540 e. The maximum atomic E-state index is 9.26. The first-order valence-electron chi connectivity index (χ1n) is 6.82. The minimum atomic E-state index is 0.122. The van der Waals surface area contributed by atoms with Gasteiger partial charge in [0.05, 0.1) is 6.61 Å². The second kappa shape index (κ2) is 7.66. The molecule has 1 aromatic rings. The van der Waals surface area contributed by atoms with Crippen LogP contribution < -0.4 is 0 Å². The predicted octanol–water partition coefficient (Wildman–Crippen LogP) is 1.69. The monoisotopic (exact) mass is 279 g/mol. The van der Waals surface area contributed by atoms with Crippen LogP contribution in [-0.2, 0) is 6.54 Å². The molecule has 2 N–H and O–H groups in total. The minimum absolute atomic E-state index is 0.122. The van der Waals surface area contributed by atoms with Gasteiger partial charge in [0.15, 0.2) is 0 Å². The molecule has 1 atom stereocenters. The highest BCUT2D eigenvalue weighted by Gasteiger charge is 2.20. The highest BCUT2D eigenvalue weighted by Crippen LogP contribution is 2.22. The summed E-state index contributed by atoms with van der Waals surface area (Å²) in [6, 6.07) is 2.05. The molecule has 1 unspecified atom stereocenters. The van der Waals surface area contributed by atoms with Gasteiger partial charge in [-0.3, -0.25) is 4.90 Å². The number of nitrogens with zero attached hydrogens (tertiary/aromatic N) is 1. The number of piperidine rings is 1. The lowest BCUT2D eigenvalue weighted by molar-refractivity contribution is 0.116. The van der Waals surface area contributed by atoms with E-state index >= 15 is 0 Å². The third kappa shape index (κ3) is 4.32. The SMILES string of the molecule is OCCC#Cc1ccsc1CN1CCCC(CO)C1. The first-order valence-corrected chi connectivity index (χ1v) is 7.70. The molecule has 0 radical (unpaired) electrons. The highest BCUT2D eigenvalue weighted by molar-refractivity contribution is 7.10. The van der Waals surface area contributed by atoms with E-state index < -0.39 is 0 Å². The predicted molar refractivity (Wildman–Crippen MR) is 78.0 cm³/mol. The van der Waals surface area contributed by atoms with Gasteiger partial charge in [0.2, 0.25) is 0 Å². The zero-order valence-electron chi connectivity index (χ0n) is 11.1. The third-order valence-electron chi connectivity index (χ3n) is 3.43. The first kappa shape index (κ1) is 14.5. The summed E-state index contributed by atoms with van der Waals surface area (Å²) in [6.45, 7) is 3.44. The zero-order chi connectivity index (χ0) is 13.5. The molecule has 0 saturated carbocycles. The lowest BCUT2D eigenvalue weighted by Crippen LogP contribution is -2.36. The van der Waals surface area contributed by atoms with E-state index in [0.717, 1.165) is 31.6 Å². The Labute approximate surface area is 118 Å². The van der Waals surface area contributed by atoms with E-state index in [4.69, 9.17) is 5.11 Å². The van der Waals surface area contributed by atoms with Crippen molar-refractivity contribution >= 4 is 11.3 Å². The first-order chi connectivity index (χ1) is 9.33. The third-order valence-corrected chi connectivity index (χ3v) is 4.34. The standard InChI is InChI=1S/C15H21NO2S/c17-8-2-1-5-14-6-9-19-15(14)11-16-7-3-4-13(10-16)12-18/h6,9,13,17-18H,2-4,7-8,10-12H2. The van der Waals surface area contributed by atoms with Gasteiger partial charge in [0.1, 0.15) is 0 Å². The molecule has 104 valence electrons. The van der Waals surface area contributed by atoms with Gasteiger partial charge < -0.3 is 10.2 Å². The van der Waals surface area contributed by atoms with Crippen LogP contribution in [0.1, 0.15) is 29.7 Å². The van der Waals surface area contributed by atoms with Crippen molar-refractivity contribution in [2.75, 3.05) is 26.3 Å². The summed E-state index contributed by atoms with van der Waals surface area (Å²) >= 11 is 1.74. The lowest BCUT2D eigenvalue weighted by atomic mass is 9.99. The summed E-state index contributed by atoms with van der Waals surface area (Å²) in [5.41, 5.74) is 1.09. The van der Waals surface area contributed by atoms with E-state index in [1.807, 2.05) is 0 Å². The molecule has 2 heterocycles. The molecule has 0 aromatic carbocycles. The van der Waals surface area contributed by atoms with Crippen LogP contribution in [0, 0.1) is 17.8 Å². The fourth-order valence-corrected chi connectivity index (χ4v) is 3.31. The van der Waals surface area contributed by atoms with E-state index in [9.17, 15) is 5.11 Å². The van der Waals surface area contributed by atoms with E-state index in [-0.39, 0.29) is 6.61 Å². The maximum absolute atomic E-state index is 9.26. The van der Waals surface area contributed by atoms with Crippen molar-refractivity contribution in [1.82, 2.24) is 4.90 Å². The number of likely N-dealkylation sites (tertiary alicyclic amines) is 1. The molecule has 1 fully saturated rings. The molecule has 19 heavy (non-hydrogen) atoms. The van der Waals surface area contributed by atoms with Crippen molar-refractivity contribution in [3.8, 4) is 11.8 Å². The Kier molecular flexibility index (Phi) is 5.87. The molecule has 1 aliphatic heterocycles. The molecule has 0 amide bonds. The Morgan fingerprint density at radius 1 is 1.42 bits per heavy atom. The maximum Gasteiger partial charge on any atom is 0.0540 e. The van der Waals surface area contributed by atoms with Gasteiger partial charge in [-0.15, -0.1) is 11.3 Å². The summed E-state index contributed by atoms with van der Waals surface area (Å²) in [7, 11) is 0. The van der Waals surface area contributed by atoms with Gasteiger partial charge in [0.25, 0.3) is 0 Å². The number of rotatable bonds is 4. The van der Waals surface area contributed by atoms with Gasteiger partial charge in [-0.25, -0.2) is 0 Å². The Balaban J connectivity index is 1.96. The van der Waals surface area contributed by atoms with Crippen LogP contribution in [0.15, 0.2) is 11.4 Å². The van der Waals surface area contributed by atoms with Crippen LogP contribution in [0.5, 0.6) is 0 Å². The molecule has 0 aliphatic carbocycles. The van der Waals surface area contributed by atoms with Crippen molar-refractivity contribution in [2.24, 2.45) is 5.92 Å². The minimum Gasteiger partial charge on any atom is -0.396 e. The van der Waals surface area contributed by atoms with Gasteiger partial charge in [0, 0.05) is 36.6 Å². The average Bonchev–Trinajstić information content (AvgIpc) is 2.87. The van der Waals surface area contributed by atoms with Gasteiger partial charge in [-0.1, -0.05) is 11.8 Å². The second-order valence-electron chi connectivity index (χ2n) is 4.96. The number of aliphatic hydroxyl groups is 2. The number of hydrogen-bond acceptors (Lipinski definition) is 4.